The van der Waals surface area contributed by atoms with Gasteiger partial charge in [0.05, 0.1) is 6.10 Å². The van der Waals surface area contributed by atoms with Gasteiger partial charge in [0.1, 0.15) is 5.60 Å². The van der Waals surface area contributed by atoms with E-state index in [-0.39, 0.29) is 35.4 Å². The Balaban J connectivity index is 1.68. The second kappa shape index (κ2) is 6.49. The van der Waals surface area contributed by atoms with Crippen LogP contribution in [-0.2, 0) is 19.1 Å². The van der Waals surface area contributed by atoms with Crippen molar-refractivity contribution in [1.82, 2.24) is 0 Å². The molecular formula is C22H30O6. The third-order valence-electron chi connectivity index (χ3n) is 8.79. The van der Waals surface area contributed by atoms with E-state index < -0.39 is 29.5 Å². The molecule has 0 radical (unpaired) electrons. The number of Topliss-reactive ketones (excluding diaryl/α,β-unsaturated/α-hetero) is 1. The van der Waals surface area contributed by atoms with Crippen LogP contribution in [0.25, 0.3) is 0 Å². The lowest BCUT2D eigenvalue weighted by molar-refractivity contribution is -0.183. The van der Waals surface area contributed by atoms with E-state index in [0.717, 1.165) is 31.3 Å². The highest BCUT2D eigenvalue weighted by atomic mass is 16.5. The number of allylic oxidation sites excluding steroid dienone is 1. The molecule has 0 aromatic carbocycles. The van der Waals surface area contributed by atoms with Crippen LogP contribution in [0, 0.1) is 28.6 Å². The molecular weight excluding hydrogens is 360 g/mol. The summed E-state index contributed by atoms with van der Waals surface area (Å²) < 4.78 is 4.64. The first-order valence-corrected chi connectivity index (χ1v) is 10.4. The van der Waals surface area contributed by atoms with Crippen molar-refractivity contribution >= 4 is 18.0 Å². The Labute approximate surface area is 165 Å². The lowest BCUT2D eigenvalue weighted by Gasteiger charge is -2.60. The second-order valence-corrected chi connectivity index (χ2v) is 9.81. The molecule has 0 spiro atoms. The van der Waals surface area contributed by atoms with Gasteiger partial charge in [0.15, 0.2) is 12.4 Å². The molecule has 6 nitrogen and oxygen atoms in total. The van der Waals surface area contributed by atoms with Gasteiger partial charge in [-0.25, -0.2) is 0 Å². The van der Waals surface area contributed by atoms with Gasteiger partial charge in [0, 0.05) is 11.8 Å². The van der Waals surface area contributed by atoms with E-state index >= 15 is 0 Å². The van der Waals surface area contributed by atoms with E-state index in [4.69, 9.17) is 0 Å². The van der Waals surface area contributed by atoms with Crippen molar-refractivity contribution in [2.75, 3.05) is 6.61 Å². The van der Waals surface area contributed by atoms with Gasteiger partial charge >= 0.3 is 0 Å². The molecule has 6 heteroatoms. The quantitative estimate of drug-likeness (QED) is 0.712. The van der Waals surface area contributed by atoms with E-state index in [9.17, 15) is 24.6 Å². The number of carbonyl (C=O) groups is 3. The van der Waals surface area contributed by atoms with E-state index in [0.29, 0.717) is 19.3 Å². The van der Waals surface area contributed by atoms with Gasteiger partial charge in [-0.05, 0) is 67.8 Å². The molecule has 2 N–H and O–H groups in total. The van der Waals surface area contributed by atoms with Crippen molar-refractivity contribution < 1.29 is 29.3 Å². The molecule has 3 saturated carbocycles. The fourth-order valence-corrected chi connectivity index (χ4v) is 7.38. The summed E-state index contributed by atoms with van der Waals surface area (Å²) in [5, 5.41) is 22.6. The number of hydrogen-bond acceptors (Lipinski definition) is 6. The molecule has 28 heavy (non-hydrogen) atoms. The Morgan fingerprint density at radius 1 is 1.29 bits per heavy atom. The Morgan fingerprint density at radius 3 is 2.75 bits per heavy atom. The normalized spacial score (nSPS) is 47.4. The van der Waals surface area contributed by atoms with Crippen molar-refractivity contribution in [1.29, 1.82) is 0 Å². The number of carbonyl (C=O) groups excluding carboxylic acids is 3. The Morgan fingerprint density at radius 2 is 2.04 bits per heavy atom. The van der Waals surface area contributed by atoms with E-state index in [1.807, 2.05) is 6.92 Å². The lowest BCUT2D eigenvalue weighted by atomic mass is 9.45. The monoisotopic (exact) mass is 390 g/mol. The highest BCUT2D eigenvalue weighted by Crippen LogP contribution is 2.67. The van der Waals surface area contributed by atoms with Gasteiger partial charge in [0.2, 0.25) is 5.78 Å². The summed E-state index contributed by atoms with van der Waals surface area (Å²) >= 11 is 0. The lowest BCUT2D eigenvalue weighted by Crippen LogP contribution is -2.62. The van der Waals surface area contributed by atoms with Gasteiger partial charge in [-0.2, -0.15) is 0 Å². The van der Waals surface area contributed by atoms with Crippen molar-refractivity contribution in [3.05, 3.63) is 11.6 Å². The van der Waals surface area contributed by atoms with Crippen LogP contribution in [0.3, 0.4) is 0 Å². The molecule has 4 rings (SSSR count). The van der Waals surface area contributed by atoms with Crippen LogP contribution < -0.4 is 0 Å². The summed E-state index contributed by atoms with van der Waals surface area (Å²) in [5.74, 6) is 0.0838. The predicted molar refractivity (Wildman–Crippen MR) is 100 cm³/mol. The summed E-state index contributed by atoms with van der Waals surface area (Å²) in [6, 6.07) is 0. The highest BCUT2D eigenvalue weighted by Gasteiger charge is 2.68. The molecule has 0 heterocycles. The first-order chi connectivity index (χ1) is 13.2. The van der Waals surface area contributed by atoms with Crippen LogP contribution in [-0.4, -0.2) is 46.6 Å². The van der Waals surface area contributed by atoms with Crippen molar-refractivity contribution in [3.8, 4) is 0 Å². The van der Waals surface area contributed by atoms with Crippen LogP contribution in [0.4, 0.5) is 0 Å². The molecule has 3 fully saturated rings. The number of ketones is 2. The number of aliphatic hydroxyl groups excluding tert-OH is 1. The molecule has 0 amide bonds. The zero-order valence-electron chi connectivity index (χ0n) is 16.6. The number of hydrogen-bond donors (Lipinski definition) is 2. The second-order valence-electron chi connectivity index (χ2n) is 9.81. The average Bonchev–Trinajstić information content (AvgIpc) is 2.92. The predicted octanol–water partition coefficient (Wildman–Crippen LogP) is 1.96. The molecule has 4 aliphatic carbocycles. The standard InChI is InChI=1S/C22H30O6/c1-20-7-5-14(24)9-13(20)3-4-15-16-6-8-22(27,18(26)11-28-12-23)21(16,2)10-17(25)19(15)20/h9,12,15-17,19,25,27H,3-8,10-11H2,1-2H3/t15-,16-,17-,19+,20-,21-,22-/m0/s1. The topological polar surface area (TPSA) is 101 Å². The van der Waals surface area contributed by atoms with Crippen molar-refractivity contribution in [2.45, 2.75) is 70.5 Å². The Kier molecular flexibility index (Phi) is 4.58. The third kappa shape index (κ3) is 2.50. The minimum absolute atomic E-state index is 0.0438. The number of aliphatic hydroxyl groups is 2. The summed E-state index contributed by atoms with van der Waals surface area (Å²) in [7, 11) is 0. The maximum absolute atomic E-state index is 12.7. The highest BCUT2D eigenvalue weighted by molar-refractivity contribution is 5.92. The number of rotatable bonds is 4. The van der Waals surface area contributed by atoms with Crippen LogP contribution in [0.15, 0.2) is 11.6 Å². The molecule has 0 aromatic rings. The maximum atomic E-state index is 12.7. The molecule has 0 bridgehead atoms. The molecule has 0 aromatic heterocycles. The van der Waals surface area contributed by atoms with E-state index in [1.54, 1.807) is 6.08 Å². The summed E-state index contributed by atoms with van der Waals surface area (Å²) in [4.78, 5) is 35.2. The first kappa shape index (κ1) is 19.8. The summed E-state index contributed by atoms with van der Waals surface area (Å²) in [5.41, 5.74) is -1.34. The van der Waals surface area contributed by atoms with Crippen molar-refractivity contribution in [3.63, 3.8) is 0 Å². The summed E-state index contributed by atoms with van der Waals surface area (Å²) in [6.07, 6.45) is 5.54. The number of ether oxygens (including phenoxy) is 1. The van der Waals surface area contributed by atoms with Crippen molar-refractivity contribution in [2.24, 2.45) is 28.6 Å². The smallest absolute Gasteiger partial charge is 0.293 e. The van der Waals surface area contributed by atoms with Gasteiger partial charge in [-0.3, -0.25) is 14.4 Å². The fraction of sp³-hybridized carbons (Fsp3) is 0.773. The van der Waals surface area contributed by atoms with Gasteiger partial charge in [0.25, 0.3) is 6.47 Å². The van der Waals surface area contributed by atoms with Gasteiger partial charge in [-0.1, -0.05) is 19.4 Å². The Bertz CT molecular complexity index is 743. The zero-order chi connectivity index (χ0) is 20.3. The molecule has 4 aliphatic rings. The largest absolute Gasteiger partial charge is 0.460 e. The molecule has 154 valence electrons. The minimum atomic E-state index is -1.58. The molecule has 7 atom stereocenters. The summed E-state index contributed by atoms with van der Waals surface area (Å²) in [6.45, 7) is 3.89. The minimum Gasteiger partial charge on any atom is -0.460 e. The average molecular weight is 390 g/mol. The Hall–Kier alpha value is -1.53. The molecule has 0 saturated heterocycles. The van der Waals surface area contributed by atoms with E-state index in [1.165, 1.54) is 0 Å². The SMILES string of the molecule is C[C@]12CCC(=O)C=C1CC[C@@H]1[C@@H]2[C@@H](O)C[C@@]2(C)[C@H]1CC[C@]2(O)C(=O)COC=O. The first-order valence-electron chi connectivity index (χ1n) is 10.4. The third-order valence-corrected chi connectivity index (χ3v) is 8.79. The fourth-order valence-electron chi connectivity index (χ4n) is 7.38. The van der Waals surface area contributed by atoms with Crippen LogP contribution in [0.5, 0.6) is 0 Å². The molecule has 0 aliphatic heterocycles. The van der Waals surface area contributed by atoms with Crippen LogP contribution in [0.1, 0.15) is 58.8 Å². The number of fused-ring (bicyclic) bond motifs is 5. The van der Waals surface area contributed by atoms with Crippen LogP contribution >= 0.6 is 0 Å². The maximum Gasteiger partial charge on any atom is 0.293 e. The molecule has 0 unspecified atom stereocenters. The van der Waals surface area contributed by atoms with E-state index in [2.05, 4.69) is 11.7 Å². The zero-order valence-corrected chi connectivity index (χ0v) is 16.6. The van der Waals surface area contributed by atoms with Gasteiger partial charge in [-0.15, -0.1) is 0 Å². The van der Waals surface area contributed by atoms with Crippen LogP contribution in [0.2, 0.25) is 0 Å². The van der Waals surface area contributed by atoms with Gasteiger partial charge < -0.3 is 14.9 Å².